The third-order valence-electron chi connectivity index (χ3n) is 2.70. The van der Waals surface area contributed by atoms with Crippen molar-refractivity contribution in [1.29, 1.82) is 0 Å². The maximum atomic E-state index is 10.8. The van der Waals surface area contributed by atoms with Gasteiger partial charge >= 0.3 is 0 Å². The molecular weight excluding hydrogens is 258 g/mol. The van der Waals surface area contributed by atoms with E-state index in [2.05, 4.69) is 10.3 Å². The molecule has 0 unspecified atom stereocenters. The molecule has 0 aliphatic heterocycles. The van der Waals surface area contributed by atoms with Gasteiger partial charge < -0.3 is 10.1 Å². The summed E-state index contributed by atoms with van der Waals surface area (Å²) in [6.45, 7) is 4.60. The summed E-state index contributed by atoms with van der Waals surface area (Å²) in [4.78, 5) is 14.4. The topological polar surface area (TPSA) is 77.3 Å². The van der Waals surface area contributed by atoms with Gasteiger partial charge in [-0.25, -0.2) is 0 Å². The van der Waals surface area contributed by atoms with Crippen LogP contribution >= 0.6 is 0 Å². The Kier molecular flexibility index (Phi) is 4.14. The van der Waals surface area contributed by atoms with Crippen LogP contribution in [0.15, 0.2) is 36.7 Å². The van der Waals surface area contributed by atoms with E-state index >= 15 is 0 Å². The number of aryl methyl sites for hydroxylation is 1. The Bertz CT molecular complexity index is 629. The highest BCUT2D eigenvalue weighted by Crippen LogP contribution is 2.29. The lowest BCUT2D eigenvalue weighted by atomic mass is 10.2. The van der Waals surface area contributed by atoms with Gasteiger partial charge in [-0.3, -0.25) is 15.1 Å². The number of ether oxygens (including phenoxy) is 1. The summed E-state index contributed by atoms with van der Waals surface area (Å²) in [6.07, 6.45) is 3.26. The molecule has 2 rings (SSSR count). The second-order valence-corrected chi connectivity index (χ2v) is 4.25. The maximum Gasteiger partial charge on any atom is 0.273 e. The molecule has 2 aromatic rings. The highest BCUT2D eigenvalue weighted by Gasteiger charge is 2.10. The van der Waals surface area contributed by atoms with E-state index in [1.165, 1.54) is 12.1 Å². The number of benzene rings is 1. The Balaban J connectivity index is 2.27. The number of nitrogens with one attached hydrogen (secondary N) is 1. The second-order valence-electron chi connectivity index (χ2n) is 4.25. The first-order valence-electron chi connectivity index (χ1n) is 6.22. The van der Waals surface area contributed by atoms with E-state index in [0.29, 0.717) is 11.5 Å². The van der Waals surface area contributed by atoms with Crippen LogP contribution in [-0.2, 0) is 0 Å². The van der Waals surface area contributed by atoms with Gasteiger partial charge in [-0.2, -0.15) is 0 Å². The average molecular weight is 273 g/mol. The molecule has 1 aromatic carbocycles. The molecule has 6 heteroatoms. The van der Waals surface area contributed by atoms with Gasteiger partial charge in [0, 0.05) is 18.7 Å². The number of rotatable bonds is 5. The number of nitrogens with zero attached hydrogens (tertiary/aromatic N) is 2. The number of pyridine rings is 1. The summed E-state index contributed by atoms with van der Waals surface area (Å²) in [7, 11) is 0. The predicted octanol–water partition coefficient (Wildman–Crippen LogP) is 3.52. The van der Waals surface area contributed by atoms with Crippen LogP contribution in [0.1, 0.15) is 12.5 Å². The van der Waals surface area contributed by atoms with Gasteiger partial charge in [0.25, 0.3) is 5.69 Å². The van der Waals surface area contributed by atoms with Gasteiger partial charge in [-0.1, -0.05) is 0 Å². The lowest BCUT2D eigenvalue weighted by Crippen LogP contribution is -1.97. The monoisotopic (exact) mass is 273 g/mol. The smallest absolute Gasteiger partial charge is 0.273 e. The Labute approximate surface area is 116 Å². The van der Waals surface area contributed by atoms with E-state index in [1.807, 2.05) is 13.8 Å². The molecule has 0 aliphatic carbocycles. The number of nitro benzene ring substituents is 1. The molecule has 1 aromatic heterocycles. The van der Waals surface area contributed by atoms with Gasteiger partial charge in [0.1, 0.15) is 11.5 Å². The first-order valence-corrected chi connectivity index (χ1v) is 6.22. The summed E-state index contributed by atoms with van der Waals surface area (Å²) in [6, 6.07) is 6.33. The van der Waals surface area contributed by atoms with Crippen LogP contribution < -0.4 is 10.1 Å². The lowest BCUT2D eigenvalue weighted by Gasteiger charge is -2.09. The molecule has 0 spiro atoms. The van der Waals surface area contributed by atoms with Crippen molar-refractivity contribution in [3.05, 3.63) is 52.3 Å². The quantitative estimate of drug-likeness (QED) is 0.666. The molecule has 104 valence electrons. The lowest BCUT2D eigenvalue weighted by molar-refractivity contribution is -0.384. The molecule has 0 saturated carbocycles. The molecule has 0 fully saturated rings. The molecule has 1 heterocycles. The number of hydrogen-bond donors (Lipinski definition) is 1. The molecule has 0 aliphatic rings. The third kappa shape index (κ3) is 3.23. The first-order chi connectivity index (χ1) is 9.60. The van der Waals surface area contributed by atoms with Crippen LogP contribution in [0.4, 0.5) is 11.4 Å². The van der Waals surface area contributed by atoms with E-state index in [-0.39, 0.29) is 5.69 Å². The molecule has 0 atom stereocenters. The highest BCUT2D eigenvalue weighted by molar-refractivity contribution is 5.49. The second kappa shape index (κ2) is 6.01. The van der Waals surface area contributed by atoms with E-state index < -0.39 is 4.92 Å². The minimum absolute atomic E-state index is 0.00129. The van der Waals surface area contributed by atoms with Gasteiger partial charge in [0.2, 0.25) is 0 Å². The zero-order chi connectivity index (χ0) is 14.5. The molecule has 20 heavy (non-hydrogen) atoms. The molecule has 0 bridgehead atoms. The van der Waals surface area contributed by atoms with Crippen LogP contribution in [0.5, 0.6) is 11.5 Å². The van der Waals surface area contributed by atoms with Gasteiger partial charge in [-0.15, -0.1) is 0 Å². The third-order valence-corrected chi connectivity index (χ3v) is 2.70. The van der Waals surface area contributed by atoms with Crippen molar-refractivity contribution in [1.82, 2.24) is 4.98 Å². The van der Waals surface area contributed by atoms with Crippen molar-refractivity contribution in [3.63, 3.8) is 0 Å². The Morgan fingerprint density at radius 1 is 1.35 bits per heavy atom. The average Bonchev–Trinajstić information content (AvgIpc) is 2.42. The Morgan fingerprint density at radius 3 is 2.85 bits per heavy atom. The summed E-state index contributed by atoms with van der Waals surface area (Å²) in [5.74, 6) is 0.988. The predicted molar refractivity (Wildman–Crippen MR) is 76.3 cm³/mol. The summed E-state index contributed by atoms with van der Waals surface area (Å²) in [5, 5.41) is 13.9. The maximum absolute atomic E-state index is 10.8. The van der Waals surface area contributed by atoms with E-state index in [9.17, 15) is 10.1 Å². The minimum Gasteiger partial charge on any atom is -0.455 e. The molecule has 0 amide bonds. The zero-order valence-electron chi connectivity index (χ0n) is 11.3. The zero-order valence-corrected chi connectivity index (χ0v) is 11.3. The van der Waals surface area contributed by atoms with Crippen LogP contribution in [-0.4, -0.2) is 16.5 Å². The number of hydrogen-bond acceptors (Lipinski definition) is 5. The SMILES string of the molecule is CCNc1cncc(Oc2cc([N+](=O)[O-])ccc2C)c1. The van der Waals surface area contributed by atoms with Crippen LogP contribution in [0.25, 0.3) is 0 Å². The summed E-state index contributed by atoms with van der Waals surface area (Å²) >= 11 is 0. The number of aromatic nitrogens is 1. The fourth-order valence-corrected chi connectivity index (χ4v) is 1.71. The minimum atomic E-state index is -0.445. The largest absolute Gasteiger partial charge is 0.455 e. The number of nitro groups is 1. The summed E-state index contributed by atoms with van der Waals surface area (Å²) < 4.78 is 5.68. The number of anilines is 1. The van der Waals surface area contributed by atoms with Crippen LogP contribution in [0, 0.1) is 17.0 Å². The van der Waals surface area contributed by atoms with Crippen molar-refractivity contribution in [3.8, 4) is 11.5 Å². The normalized spacial score (nSPS) is 10.1. The fraction of sp³-hybridized carbons (Fsp3) is 0.214. The van der Waals surface area contributed by atoms with Crippen molar-refractivity contribution in [2.24, 2.45) is 0 Å². The van der Waals surface area contributed by atoms with Gasteiger partial charge in [0.15, 0.2) is 0 Å². The van der Waals surface area contributed by atoms with Crippen molar-refractivity contribution in [2.45, 2.75) is 13.8 Å². The molecule has 6 nitrogen and oxygen atoms in total. The Morgan fingerprint density at radius 2 is 2.15 bits per heavy atom. The number of non-ortho nitro benzene ring substituents is 1. The van der Waals surface area contributed by atoms with Gasteiger partial charge in [0.05, 0.1) is 29.1 Å². The molecule has 0 saturated heterocycles. The van der Waals surface area contributed by atoms with Crippen molar-refractivity contribution < 1.29 is 9.66 Å². The summed E-state index contributed by atoms with van der Waals surface area (Å²) in [5.41, 5.74) is 1.67. The fourth-order valence-electron chi connectivity index (χ4n) is 1.71. The van der Waals surface area contributed by atoms with Crippen molar-refractivity contribution >= 4 is 11.4 Å². The standard InChI is InChI=1S/C14H15N3O3/c1-3-16-11-6-13(9-15-8-11)20-14-7-12(17(18)19)5-4-10(14)2/h4-9,16H,3H2,1-2H3. The van der Waals surface area contributed by atoms with Crippen LogP contribution in [0.2, 0.25) is 0 Å². The van der Waals surface area contributed by atoms with E-state index in [1.54, 1.807) is 24.5 Å². The highest BCUT2D eigenvalue weighted by atomic mass is 16.6. The van der Waals surface area contributed by atoms with Crippen molar-refractivity contribution in [2.75, 3.05) is 11.9 Å². The molecule has 1 N–H and O–H groups in total. The first kappa shape index (κ1) is 13.8. The van der Waals surface area contributed by atoms with E-state index in [4.69, 9.17) is 4.74 Å². The Hall–Kier alpha value is -2.63. The van der Waals surface area contributed by atoms with E-state index in [0.717, 1.165) is 17.8 Å². The van der Waals surface area contributed by atoms with Gasteiger partial charge in [-0.05, 0) is 25.5 Å². The molecule has 0 radical (unpaired) electrons. The van der Waals surface area contributed by atoms with Crippen LogP contribution in [0.3, 0.4) is 0 Å². The molecular formula is C14H15N3O3.